The number of amides is 1. The number of hydrogen-bond acceptors (Lipinski definition) is 5. The Morgan fingerprint density at radius 2 is 2.00 bits per heavy atom. The Labute approximate surface area is 148 Å². The van der Waals surface area contributed by atoms with Crippen LogP contribution < -0.4 is 10.1 Å². The molecule has 3 aromatic rings. The fourth-order valence-electron chi connectivity index (χ4n) is 2.15. The van der Waals surface area contributed by atoms with Crippen LogP contribution in [0.3, 0.4) is 0 Å². The standard InChI is InChI=1S/C18H16N2O2S2/c1-23-16-5-3-2-4-15(16)17(21)20-12-13-6-8-14(9-7-13)22-18-19-10-11-24-18/h2-11H,12H2,1H3,(H,20,21). The van der Waals surface area contributed by atoms with Crippen LogP contribution >= 0.6 is 23.1 Å². The summed E-state index contributed by atoms with van der Waals surface area (Å²) < 4.78 is 5.62. The number of hydrogen-bond donors (Lipinski definition) is 1. The van der Waals surface area contributed by atoms with Crippen LogP contribution in [0.1, 0.15) is 15.9 Å². The quantitative estimate of drug-likeness (QED) is 0.657. The molecule has 0 saturated carbocycles. The van der Waals surface area contributed by atoms with E-state index in [0.29, 0.717) is 17.3 Å². The summed E-state index contributed by atoms with van der Waals surface area (Å²) in [6.45, 7) is 0.471. The van der Waals surface area contributed by atoms with Crippen LogP contribution in [-0.4, -0.2) is 17.1 Å². The van der Waals surface area contributed by atoms with Gasteiger partial charge < -0.3 is 10.1 Å². The lowest BCUT2D eigenvalue weighted by molar-refractivity contribution is 0.0948. The van der Waals surface area contributed by atoms with Gasteiger partial charge in [0.05, 0.1) is 5.56 Å². The highest BCUT2D eigenvalue weighted by atomic mass is 32.2. The minimum atomic E-state index is -0.0666. The SMILES string of the molecule is CSc1ccccc1C(=O)NCc1ccc(Oc2nccs2)cc1. The summed E-state index contributed by atoms with van der Waals surface area (Å²) in [4.78, 5) is 17.4. The van der Waals surface area contributed by atoms with Crippen molar-refractivity contribution in [1.29, 1.82) is 0 Å². The molecule has 0 saturated heterocycles. The van der Waals surface area contributed by atoms with Crippen molar-refractivity contribution in [3.63, 3.8) is 0 Å². The number of thiazole rings is 1. The molecule has 1 heterocycles. The lowest BCUT2D eigenvalue weighted by atomic mass is 10.2. The van der Waals surface area contributed by atoms with E-state index < -0.39 is 0 Å². The number of nitrogens with one attached hydrogen (secondary N) is 1. The van der Waals surface area contributed by atoms with E-state index in [1.165, 1.54) is 11.3 Å². The smallest absolute Gasteiger partial charge is 0.278 e. The average Bonchev–Trinajstić information content (AvgIpc) is 3.14. The maximum Gasteiger partial charge on any atom is 0.278 e. The van der Waals surface area contributed by atoms with Crippen LogP contribution in [0.25, 0.3) is 0 Å². The van der Waals surface area contributed by atoms with Gasteiger partial charge in [0.15, 0.2) is 0 Å². The molecule has 0 atom stereocenters. The monoisotopic (exact) mass is 356 g/mol. The number of carbonyl (C=O) groups excluding carboxylic acids is 1. The van der Waals surface area contributed by atoms with Gasteiger partial charge in [0, 0.05) is 23.0 Å². The van der Waals surface area contributed by atoms with Crippen molar-refractivity contribution in [3.05, 3.63) is 71.2 Å². The topological polar surface area (TPSA) is 51.2 Å². The van der Waals surface area contributed by atoms with E-state index >= 15 is 0 Å². The molecule has 0 unspecified atom stereocenters. The second kappa shape index (κ2) is 7.99. The Hall–Kier alpha value is -2.31. The minimum absolute atomic E-state index is 0.0666. The van der Waals surface area contributed by atoms with E-state index in [1.54, 1.807) is 18.0 Å². The molecule has 0 aliphatic carbocycles. The third-order valence-corrected chi connectivity index (χ3v) is 4.79. The zero-order valence-corrected chi connectivity index (χ0v) is 14.7. The average molecular weight is 356 g/mol. The fourth-order valence-corrected chi connectivity index (χ4v) is 3.25. The summed E-state index contributed by atoms with van der Waals surface area (Å²) in [5.74, 6) is 0.663. The Kier molecular flexibility index (Phi) is 5.51. The van der Waals surface area contributed by atoms with E-state index in [2.05, 4.69) is 10.3 Å². The number of ether oxygens (including phenoxy) is 1. The van der Waals surface area contributed by atoms with Crippen molar-refractivity contribution < 1.29 is 9.53 Å². The second-order valence-electron chi connectivity index (χ2n) is 4.93. The second-order valence-corrected chi connectivity index (χ2v) is 6.63. The van der Waals surface area contributed by atoms with Gasteiger partial charge in [0.25, 0.3) is 11.1 Å². The van der Waals surface area contributed by atoms with Crippen molar-refractivity contribution >= 4 is 29.0 Å². The predicted molar refractivity (Wildman–Crippen MR) is 98.0 cm³/mol. The molecular weight excluding hydrogens is 340 g/mol. The minimum Gasteiger partial charge on any atom is -0.431 e. The van der Waals surface area contributed by atoms with Crippen molar-refractivity contribution in [1.82, 2.24) is 10.3 Å². The molecule has 0 aliphatic rings. The summed E-state index contributed by atoms with van der Waals surface area (Å²) in [7, 11) is 0. The summed E-state index contributed by atoms with van der Waals surface area (Å²) in [5.41, 5.74) is 1.71. The van der Waals surface area contributed by atoms with Crippen LogP contribution in [0.4, 0.5) is 0 Å². The molecule has 3 rings (SSSR count). The fraction of sp³-hybridized carbons (Fsp3) is 0.111. The normalized spacial score (nSPS) is 10.4. The third-order valence-electron chi connectivity index (χ3n) is 3.34. The molecule has 0 spiro atoms. The maximum atomic E-state index is 12.3. The number of rotatable bonds is 6. The van der Waals surface area contributed by atoms with Gasteiger partial charge in [-0.3, -0.25) is 4.79 Å². The first-order valence-electron chi connectivity index (χ1n) is 7.34. The molecule has 1 aromatic heterocycles. The van der Waals surface area contributed by atoms with Crippen LogP contribution in [0.15, 0.2) is 65.0 Å². The number of nitrogens with zero attached hydrogens (tertiary/aromatic N) is 1. The molecule has 1 N–H and O–H groups in total. The highest BCUT2D eigenvalue weighted by Crippen LogP contribution is 2.23. The molecular formula is C18H16N2O2S2. The zero-order chi connectivity index (χ0) is 16.8. The molecule has 2 aromatic carbocycles. The Morgan fingerprint density at radius 1 is 1.21 bits per heavy atom. The molecule has 24 heavy (non-hydrogen) atoms. The van der Waals surface area contributed by atoms with Gasteiger partial charge in [-0.15, -0.1) is 11.8 Å². The van der Waals surface area contributed by atoms with Crippen LogP contribution in [0, 0.1) is 0 Å². The maximum absolute atomic E-state index is 12.3. The van der Waals surface area contributed by atoms with Gasteiger partial charge in [0.2, 0.25) is 0 Å². The summed E-state index contributed by atoms with van der Waals surface area (Å²) in [6.07, 6.45) is 3.67. The number of thioether (sulfide) groups is 1. The van der Waals surface area contributed by atoms with Crippen LogP contribution in [-0.2, 0) is 6.54 Å². The summed E-state index contributed by atoms with van der Waals surface area (Å²) in [5, 5.41) is 5.43. The van der Waals surface area contributed by atoms with Gasteiger partial charge in [-0.05, 0) is 36.1 Å². The molecule has 1 amide bonds. The van der Waals surface area contributed by atoms with E-state index in [1.807, 2.05) is 60.2 Å². The first kappa shape index (κ1) is 16.5. The highest BCUT2D eigenvalue weighted by Gasteiger charge is 2.09. The van der Waals surface area contributed by atoms with Gasteiger partial charge >= 0.3 is 0 Å². The Morgan fingerprint density at radius 3 is 2.71 bits per heavy atom. The zero-order valence-electron chi connectivity index (χ0n) is 13.1. The first-order valence-corrected chi connectivity index (χ1v) is 9.44. The molecule has 0 aliphatic heterocycles. The molecule has 6 heteroatoms. The molecule has 0 radical (unpaired) electrons. The molecule has 4 nitrogen and oxygen atoms in total. The van der Waals surface area contributed by atoms with E-state index in [4.69, 9.17) is 4.74 Å². The van der Waals surface area contributed by atoms with Crippen molar-refractivity contribution in [2.24, 2.45) is 0 Å². The third kappa shape index (κ3) is 4.15. The molecule has 0 bridgehead atoms. The number of carbonyl (C=O) groups is 1. The Balaban J connectivity index is 1.59. The van der Waals surface area contributed by atoms with E-state index in [0.717, 1.165) is 16.2 Å². The van der Waals surface area contributed by atoms with Gasteiger partial charge in [0.1, 0.15) is 5.75 Å². The van der Waals surface area contributed by atoms with Gasteiger partial charge in [-0.2, -0.15) is 0 Å². The van der Waals surface area contributed by atoms with Crippen molar-refractivity contribution in [2.45, 2.75) is 11.4 Å². The number of aromatic nitrogens is 1. The van der Waals surface area contributed by atoms with Gasteiger partial charge in [-0.1, -0.05) is 35.6 Å². The largest absolute Gasteiger partial charge is 0.431 e. The van der Waals surface area contributed by atoms with Crippen molar-refractivity contribution in [3.8, 4) is 10.9 Å². The highest BCUT2D eigenvalue weighted by molar-refractivity contribution is 7.98. The molecule has 122 valence electrons. The predicted octanol–water partition coefficient (Wildman–Crippen LogP) is 4.59. The van der Waals surface area contributed by atoms with Gasteiger partial charge in [-0.25, -0.2) is 4.98 Å². The lowest BCUT2D eigenvalue weighted by Gasteiger charge is -2.09. The summed E-state index contributed by atoms with van der Waals surface area (Å²) in [6, 6.07) is 15.2. The number of benzene rings is 2. The van der Waals surface area contributed by atoms with E-state index in [9.17, 15) is 4.79 Å². The van der Waals surface area contributed by atoms with E-state index in [-0.39, 0.29) is 5.91 Å². The van der Waals surface area contributed by atoms with Crippen LogP contribution in [0.5, 0.6) is 10.9 Å². The lowest BCUT2D eigenvalue weighted by Crippen LogP contribution is -2.23. The summed E-state index contributed by atoms with van der Waals surface area (Å²) >= 11 is 3.01. The Bertz CT molecular complexity index is 802. The first-order chi connectivity index (χ1) is 11.8. The van der Waals surface area contributed by atoms with Crippen molar-refractivity contribution in [2.75, 3.05) is 6.26 Å². The molecule has 0 fully saturated rings. The van der Waals surface area contributed by atoms with Crippen LogP contribution in [0.2, 0.25) is 0 Å².